The number of aromatic nitrogens is 6. The Morgan fingerprint density at radius 2 is 1.68 bits per heavy atom. The zero-order valence-corrected chi connectivity index (χ0v) is 11.1. The zero-order valence-electron chi connectivity index (χ0n) is 11.1. The first-order chi connectivity index (χ1) is 10.5. The molecule has 114 valence electrons. The van der Waals surface area contributed by atoms with Crippen LogP contribution in [0.4, 0.5) is 19.0 Å². The molecule has 10 heteroatoms. The van der Waals surface area contributed by atoms with Gasteiger partial charge in [-0.2, -0.15) is 33.3 Å². The summed E-state index contributed by atoms with van der Waals surface area (Å²) in [5, 5.41) is 10.2. The van der Waals surface area contributed by atoms with Crippen LogP contribution in [0.5, 0.6) is 0 Å². The smallest absolute Gasteiger partial charge is 0.361 e. The van der Waals surface area contributed by atoms with E-state index in [0.717, 1.165) is 0 Å². The molecule has 3 heterocycles. The maximum atomic E-state index is 12.3. The highest BCUT2D eigenvalue weighted by molar-refractivity contribution is 5.44. The van der Waals surface area contributed by atoms with Crippen LogP contribution >= 0.6 is 0 Å². The van der Waals surface area contributed by atoms with Gasteiger partial charge in [-0.15, -0.1) is 0 Å². The minimum atomic E-state index is -4.34. The molecule has 0 spiro atoms. The molecule has 22 heavy (non-hydrogen) atoms. The Bertz CT molecular complexity index is 682. The molecule has 0 aliphatic heterocycles. The first-order valence-electron chi connectivity index (χ1n) is 6.21. The molecule has 7 nitrogen and oxygen atoms in total. The van der Waals surface area contributed by atoms with Crippen LogP contribution in [0.25, 0.3) is 11.8 Å². The molecule has 1 N–H and O–H groups in total. The van der Waals surface area contributed by atoms with Crippen molar-refractivity contribution in [3.05, 3.63) is 43.0 Å². The Kier molecular flexibility index (Phi) is 3.49. The summed E-state index contributed by atoms with van der Waals surface area (Å²) in [6, 6.07) is 4.72. The molecule has 0 bridgehead atoms. The van der Waals surface area contributed by atoms with Crippen LogP contribution in [-0.4, -0.2) is 42.2 Å². The summed E-state index contributed by atoms with van der Waals surface area (Å²) in [5.41, 5.74) is 0. The van der Waals surface area contributed by atoms with E-state index >= 15 is 0 Å². The third-order valence-corrected chi connectivity index (χ3v) is 2.62. The molecule has 3 rings (SSSR count). The molecule has 0 atom stereocenters. The van der Waals surface area contributed by atoms with Crippen LogP contribution in [-0.2, 0) is 0 Å². The van der Waals surface area contributed by atoms with E-state index in [-0.39, 0.29) is 11.8 Å². The first-order valence-corrected chi connectivity index (χ1v) is 6.21. The average Bonchev–Trinajstić information content (AvgIpc) is 3.17. The van der Waals surface area contributed by atoms with Gasteiger partial charge in [0.15, 0.2) is 5.82 Å². The maximum Gasteiger partial charge on any atom is 0.405 e. The number of anilines is 1. The van der Waals surface area contributed by atoms with Crippen molar-refractivity contribution in [3.63, 3.8) is 0 Å². The Morgan fingerprint density at radius 3 is 2.27 bits per heavy atom. The van der Waals surface area contributed by atoms with Crippen molar-refractivity contribution in [2.45, 2.75) is 6.18 Å². The topological polar surface area (TPSA) is 73.5 Å². The quantitative estimate of drug-likeness (QED) is 0.796. The molecule has 0 radical (unpaired) electrons. The van der Waals surface area contributed by atoms with E-state index in [9.17, 15) is 13.2 Å². The van der Waals surface area contributed by atoms with Crippen LogP contribution in [0.15, 0.2) is 43.0 Å². The minimum absolute atomic E-state index is 0.0309. The lowest BCUT2D eigenvalue weighted by atomic mass is 10.5. The monoisotopic (exact) mass is 309 g/mol. The van der Waals surface area contributed by atoms with Gasteiger partial charge in [0.1, 0.15) is 12.4 Å². The number of halogens is 3. The van der Waals surface area contributed by atoms with Gasteiger partial charge in [-0.25, -0.2) is 9.36 Å². The van der Waals surface area contributed by atoms with Gasteiger partial charge >= 0.3 is 6.18 Å². The molecule has 3 aromatic heterocycles. The van der Waals surface area contributed by atoms with Crippen LogP contribution in [0.3, 0.4) is 0 Å². The predicted octanol–water partition coefficient (Wildman–Crippen LogP) is 1.82. The molecule has 3 aromatic rings. The largest absolute Gasteiger partial charge is 0.405 e. The van der Waals surface area contributed by atoms with Gasteiger partial charge in [0.25, 0.3) is 5.95 Å². The number of hydrogen-bond donors (Lipinski definition) is 1. The highest BCUT2D eigenvalue weighted by atomic mass is 19.4. The predicted molar refractivity (Wildman–Crippen MR) is 70.8 cm³/mol. The summed E-state index contributed by atoms with van der Waals surface area (Å²) < 4.78 is 39.8. The van der Waals surface area contributed by atoms with E-state index in [0.29, 0.717) is 5.82 Å². The Balaban J connectivity index is 1.98. The molecule has 0 saturated heterocycles. The van der Waals surface area contributed by atoms with Crippen molar-refractivity contribution >= 4 is 5.82 Å². The van der Waals surface area contributed by atoms with E-state index in [2.05, 4.69) is 25.5 Å². The van der Waals surface area contributed by atoms with Crippen molar-refractivity contribution in [1.82, 2.24) is 29.5 Å². The molecule has 0 amide bonds. The lowest BCUT2D eigenvalue weighted by Crippen LogP contribution is -2.22. The molecule has 0 aliphatic rings. The Hall–Kier alpha value is -2.91. The summed E-state index contributed by atoms with van der Waals surface area (Å²) in [5.74, 6) is 0.501. The van der Waals surface area contributed by atoms with Gasteiger partial charge in [-0.1, -0.05) is 0 Å². The second kappa shape index (κ2) is 5.47. The summed E-state index contributed by atoms with van der Waals surface area (Å²) >= 11 is 0. The van der Waals surface area contributed by atoms with E-state index in [4.69, 9.17) is 0 Å². The standard InChI is InChI=1S/C12H10F3N7/c13-12(14,15)8-16-9-7-10(21-5-1-3-17-21)20-11(19-9)22-6-2-4-18-22/h1-7H,8H2,(H,16,19,20). The van der Waals surface area contributed by atoms with Crippen molar-refractivity contribution in [3.8, 4) is 11.8 Å². The van der Waals surface area contributed by atoms with Crippen molar-refractivity contribution < 1.29 is 13.2 Å². The summed E-state index contributed by atoms with van der Waals surface area (Å²) in [6.07, 6.45) is 1.94. The lowest BCUT2D eigenvalue weighted by molar-refractivity contribution is -0.115. The number of nitrogens with zero attached hydrogens (tertiary/aromatic N) is 6. The van der Waals surface area contributed by atoms with Gasteiger partial charge in [0.2, 0.25) is 0 Å². The van der Waals surface area contributed by atoms with Gasteiger partial charge in [-0.3, -0.25) is 0 Å². The fourth-order valence-electron chi connectivity index (χ4n) is 1.71. The van der Waals surface area contributed by atoms with Gasteiger partial charge < -0.3 is 5.32 Å². The summed E-state index contributed by atoms with van der Waals surface area (Å²) in [7, 11) is 0. The third-order valence-electron chi connectivity index (χ3n) is 2.62. The fraction of sp³-hybridized carbons (Fsp3) is 0.167. The van der Waals surface area contributed by atoms with Gasteiger partial charge in [0.05, 0.1) is 0 Å². The SMILES string of the molecule is FC(F)(F)CNc1cc(-n2cccn2)nc(-n2cccn2)n1. The van der Waals surface area contributed by atoms with E-state index in [1.807, 2.05) is 0 Å². The first kappa shape index (κ1) is 14.0. The van der Waals surface area contributed by atoms with Gasteiger partial charge in [-0.05, 0) is 12.1 Å². The molecule has 0 aromatic carbocycles. The number of rotatable bonds is 4. The van der Waals surface area contributed by atoms with Crippen molar-refractivity contribution in [1.29, 1.82) is 0 Å². The van der Waals surface area contributed by atoms with Crippen LogP contribution in [0.1, 0.15) is 0 Å². The molecule has 0 saturated carbocycles. The molecule has 0 unspecified atom stereocenters. The Labute approximate surface area is 122 Å². The van der Waals surface area contributed by atoms with Crippen LogP contribution in [0, 0.1) is 0 Å². The normalized spacial score (nSPS) is 11.6. The number of hydrogen-bond acceptors (Lipinski definition) is 5. The Morgan fingerprint density at radius 1 is 1.00 bits per heavy atom. The second-order valence-corrected chi connectivity index (χ2v) is 4.28. The molecular weight excluding hydrogens is 299 g/mol. The second-order valence-electron chi connectivity index (χ2n) is 4.28. The molecule has 0 aliphatic carbocycles. The maximum absolute atomic E-state index is 12.3. The van der Waals surface area contributed by atoms with Crippen molar-refractivity contribution in [2.24, 2.45) is 0 Å². The highest BCUT2D eigenvalue weighted by Crippen LogP contribution is 2.17. The number of nitrogens with one attached hydrogen (secondary N) is 1. The van der Waals surface area contributed by atoms with Crippen LogP contribution in [0.2, 0.25) is 0 Å². The van der Waals surface area contributed by atoms with E-state index in [1.165, 1.54) is 21.6 Å². The highest BCUT2D eigenvalue weighted by Gasteiger charge is 2.27. The van der Waals surface area contributed by atoms with Crippen LogP contribution < -0.4 is 5.32 Å². The average molecular weight is 309 g/mol. The van der Waals surface area contributed by atoms with E-state index in [1.54, 1.807) is 30.7 Å². The summed E-state index contributed by atoms with van der Waals surface area (Å²) in [4.78, 5) is 8.26. The summed E-state index contributed by atoms with van der Waals surface area (Å²) in [6.45, 7) is -1.19. The third kappa shape index (κ3) is 3.22. The fourth-order valence-corrected chi connectivity index (χ4v) is 1.71. The lowest BCUT2D eigenvalue weighted by Gasteiger charge is -2.11. The molecule has 0 fully saturated rings. The van der Waals surface area contributed by atoms with Gasteiger partial charge in [0, 0.05) is 30.9 Å². The van der Waals surface area contributed by atoms with Crippen molar-refractivity contribution in [2.75, 3.05) is 11.9 Å². The number of alkyl halides is 3. The molecular formula is C12H10F3N7. The minimum Gasteiger partial charge on any atom is -0.361 e. The zero-order chi connectivity index (χ0) is 15.6. The van der Waals surface area contributed by atoms with E-state index < -0.39 is 12.7 Å².